The van der Waals surface area contributed by atoms with E-state index in [1.54, 1.807) is 12.1 Å². The maximum atomic E-state index is 12.2. The first kappa shape index (κ1) is 17.4. The highest BCUT2D eigenvalue weighted by atomic mass is 19.3. The molecule has 0 heterocycles. The zero-order valence-electron chi connectivity index (χ0n) is 14.0. The van der Waals surface area contributed by atoms with E-state index in [-0.39, 0.29) is 23.6 Å². The lowest BCUT2D eigenvalue weighted by atomic mass is 10.0. The number of rotatable bonds is 7. The van der Waals surface area contributed by atoms with Gasteiger partial charge in [-0.25, -0.2) is 0 Å². The molecular weight excluding hydrogens is 324 g/mol. The molecule has 0 saturated heterocycles. The van der Waals surface area contributed by atoms with Crippen molar-refractivity contribution in [2.75, 3.05) is 0 Å². The predicted octanol–water partition coefficient (Wildman–Crippen LogP) is 4.41. The molecule has 132 valence electrons. The molecule has 3 rings (SSSR count). The zero-order chi connectivity index (χ0) is 17.8. The molecule has 0 radical (unpaired) electrons. The average molecular weight is 345 g/mol. The fourth-order valence-electron chi connectivity index (χ4n) is 2.77. The first-order valence-corrected chi connectivity index (χ1v) is 8.46. The third-order valence-electron chi connectivity index (χ3n) is 4.25. The molecule has 0 spiro atoms. The van der Waals surface area contributed by atoms with E-state index in [1.807, 2.05) is 31.2 Å². The Morgan fingerprint density at radius 2 is 1.64 bits per heavy atom. The maximum Gasteiger partial charge on any atom is 0.387 e. The maximum absolute atomic E-state index is 12.2. The largest absolute Gasteiger partial charge is 0.435 e. The summed E-state index contributed by atoms with van der Waals surface area (Å²) in [6.45, 7) is -0.803. The van der Waals surface area contributed by atoms with Crippen molar-refractivity contribution in [3.05, 3.63) is 54.1 Å². The molecule has 25 heavy (non-hydrogen) atoms. The van der Waals surface area contributed by atoms with Crippen LogP contribution in [0.25, 0.3) is 11.1 Å². The van der Waals surface area contributed by atoms with Crippen molar-refractivity contribution in [2.45, 2.75) is 38.8 Å². The Morgan fingerprint density at radius 3 is 2.16 bits per heavy atom. The number of hydrogen-bond acceptors (Lipinski definition) is 2. The molecule has 1 unspecified atom stereocenters. The van der Waals surface area contributed by atoms with Crippen molar-refractivity contribution < 1.29 is 18.3 Å². The lowest BCUT2D eigenvalue weighted by Gasteiger charge is -2.14. The normalized spacial score (nSPS) is 15.0. The number of benzene rings is 2. The average Bonchev–Trinajstić information content (AvgIpc) is 3.41. The van der Waals surface area contributed by atoms with Crippen molar-refractivity contribution in [3.8, 4) is 16.9 Å². The van der Waals surface area contributed by atoms with Crippen LogP contribution in [-0.2, 0) is 11.2 Å². The van der Waals surface area contributed by atoms with Gasteiger partial charge in [0.2, 0.25) is 5.91 Å². The highest BCUT2D eigenvalue weighted by Gasteiger charge is 2.30. The molecule has 2 aromatic rings. The molecule has 1 fully saturated rings. The minimum absolute atomic E-state index is 0.102. The van der Waals surface area contributed by atoms with Crippen LogP contribution in [-0.4, -0.2) is 18.6 Å². The number of carbonyl (C=O) groups excluding carboxylic acids is 1. The van der Waals surface area contributed by atoms with Gasteiger partial charge in [0.05, 0.1) is 0 Å². The van der Waals surface area contributed by atoms with Crippen molar-refractivity contribution in [1.29, 1.82) is 0 Å². The lowest BCUT2D eigenvalue weighted by molar-refractivity contribution is -0.122. The van der Waals surface area contributed by atoms with Gasteiger partial charge in [-0.2, -0.15) is 8.78 Å². The van der Waals surface area contributed by atoms with Crippen LogP contribution in [0.3, 0.4) is 0 Å². The first-order valence-electron chi connectivity index (χ1n) is 8.46. The van der Waals surface area contributed by atoms with Crippen LogP contribution in [0.2, 0.25) is 0 Å². The van der Waals surface area contributed by atoms with Crippen LogP contribution in [0.1, 0.15) is 25.3 Å². The molecule has 5 heteroatoms. The number of halogens is 2. The van der Waals surface area contributed by atoms with E-state index in [2.05, 4.69) is 10.1 Å². The van der Waals surface area contributed by atoms with Crippen molar-refractivity contribution in [1.82, 2.24) is 5.32 Å². The molecule has 1 aliphatic rings. The second kappa shape index (κ2) is 7.64. The third kappa shape index (κ3) is 5.02. The van der Waals surface area contributed by atoms with Gasteiger partial charge in [-0.3, -0.25) is 4.79 Å². The fourth-order valence-corrected chi connectivity index (χ4v) is 2.77. The van der Waals surface area contributed by atoms with Gasteiger partial charge in [0.15, 0.2) is 0 Å². The lowest BCUT2D eigenvalue weighted by Crippen LogP contribution is -2.35. The Labute approximate surface area is 146 Å². The molecule has 3 nitrogen and oxygen atoms in total. The van der Waals surface area contributed by atoms with Crippen molar-refractivity contribution in [2.24, 2.45) is 5.92 Å². The molecular formula is C20H21F2NO2. The molecule has 1 N–H and O–H groups in total. The number of alkyl halides is 2. The molecule has 1 amide bonds. The Morgan fingerprint density at radius 1 is 1.08 bits per heavy atom. The molecule has 1 atom stereocenters. The summed E-state index contributed by atoms with van der Waals surface area (Å²) < 4.78 is 28.7. The van der Waals surface area contributed by atoms with E-state index in [9.17, 15) is 13.6 Å². The topological polar surface area (TPSA) is 38.3 Å². The minimum atomic E-state index is -2.81. The number of nitrogens with one attached hydrogen (secondary N) is 1. The molecule has 1 aliphatic carbocycles. The van der Waals surface area contributed by atoms with Crippen LogP contribution in [0.4, 0.5) is 8.78 Å². The Bertz CT molecular complexity index is 709. The van der Waals surface area contributed by atoms with E-state index in [4.69, 9.17) is 0 Å². The van der Waals surface area contributed by atoms with Gasteiger partial charge in [0, 0.05) is 12.0 Å². The number of ether oxygens (including phenoxy) is 1. The van der Waals surface area contributed by atoms with Gasteiger partial charge in [-0.15, -0.1) is 0 Å². The van der Waals surface area contributed by atoms with E-state index < -0.39 is 6.61 Å². The monoisotopic (exact) mass is 345 g/mol. The van der Waals surface area contributed by atoms with Gasteiger partial charge in [0.1, 0.15) is 5.75 Å². The van der Waals surface area contributed by atoms with Gasteiger partial charge in [0.25, 0.3) is 0 Å². The summed E-state index contributed by atoms with van der Waals surface area (Å²) in [7, 11) is 0. The van der Waals surface area contributed by atoms with Gasteiger partial charge < -0.3 is 10.1 Å². The second-order valence-electron chi connectivity index (χ2n) is 6.49. The standard InChI is InChI=1S/C20H21F2NO2/c1-13(23-19(24)17-6-7-17)12-14-2-4-15(5-3-14)16-8-10-18(11-9-16)25-20(21)22/h2-5,8-11,13,17,20H,6-7,12H2,1H3,(H,23,24). The fraction of sp³-hybridized carbons (Fsp3) is 0.350. The summed E-state index contributed by atoms with van der Waals surface area (Å²) in [5.74, 6) is 0.535. The van der Waals surface area contributed by atoms with E-state index in [0.717, 1.165) is 36.0 Å². The van der Waals surface area contributed by atoms with Gasteiger partial charge in [-0.05, 0) is 55.0 Å². The summed E-state index contributed by atoms with van der Waals surface area (Å²) in [4.78, 5) is 11.8. The molecule has 0 bridgehead atoms. The van der Waals surface area contributed by atoms with Crippen molar-refractivity contribution >= 4 is 5.91 Å². The number of hydrogen-bond donors (Lipinski definition) is 1. The van der Waals surface area contributed by atoms with Crippen molar-refractivity contribution in [3.63, 3.8) is 0 Å². The minimum Gasteiger partial charge on any atom is -0.435 e. The Hall–Kier alpha value is -2.43. The molecule has 2 aromatic carbocycles. The highest BCUT2D eigenvalue weighted by molar-refractivity contribution is 5.81. The summed E-state index contributed by atoms with van der Waals surface area (Å²) in [6, 6.07) is 14.7. The van der Waals surface area contributed by atoms with Crippen LogP contribution in [0.15, 0.2) is 48.5 Å². The van der Waals surface area contributed by atoms with Crippen LogP contribution in [0, 0.1) is 5.92 Å². The molecule has 1 saturated carbocycles. The van der Waals surface area contributed by atoms with E-state index in [1.165, 1.54) is 12.1 Å². The highest BCUT2D eigenvalue weighted by Crippen LogP contribution is 2.29. The third-order valence-corrected chi connectivity index (χ3v) is 4.25. The summed E-state index contributed by atoms with van der Waals surface area (Å²) >= 11 is 0. The van der Waals surface area contributed by atoms with Crippen LogP contribution >= 0.6 is 0 Å². The van der Waals surface area contributed by atoms with Gasteiger partial charge in [-0.1, -0.05) is 36.4 Å². The number of amides is 1. The first-order chi connectivity index (χ1) is 12.0. The summed E-state index contributed by atoms with van der Waals surface area (Å²) in [6.07, 6.45) is 2.79. The van der Waals surface area contributed by atoms with E-state index >= 15 is 0 Å². The molecule has 0 aromatic heterocycles. The van der Waals surface area contributed by atoms with Crippen LogP contribution < -0.4 is 10.1 Å². The zero-order valence-corrected chi connectivity index (χ0v) is 14.0. The quantitative estimate of drug-likeness (QED) is 0.807. The number of carbonyl (C=O) groups is 1. The van der Waals surface area contributed by atoms with Crippen LogP contribution in [0.5, 0.6) is 5.75 Å². The van der Waals surface area contributed by atoms with E-state index in [0.29, 0.717) is 0 Å². The SMILES string of the molecule is CC(Cc1ccc(-c2ccc(OC(F)F)cc2)cc1)NC(=O)C1CC1. The Kier molecular flexibility index (Phi) is 5.31. The van der Waals surface area contributed by atoms with Gasteiger partial charge >= 0.3 is 6.61 Å². The Balaban J connectivity index is 1.58. The second-order valence-corrected chi connectivity index (χ2v) is 6.49. The smallest absolute Gasteiger partial charge is 0.387 e. The summed E-state index contributed by atoms with van der Waals surface area (Å²) in [5, 5.41) is 3.04. The molecule has 0 aliphatic heterocycles. The predicted molar refractivity (Wildman–Crippen MR) is 92.5 cm³/mol. The summed E-state index contributed by atoms with van der Waals surface area (Å²) in [5.41, 5.74) is 3.08.